The molecule has 0 bridgehead atoms. The van der Waals surface area contributed by atoms with Gasteiger partial charge in [-0.1, -0.05) is 109 Å². The maximum atomic E-state index is 11.4. The largest absolute Gasteiger partial charge is 0.462 e. The van der Waals surface area contributed by atoms with Crippen molar-refractivity contribution < 1.29 is 19.1 Å². The van der Waals surface area contributed by atoms with Crippen molar-refractivity contribution in [2.75, 3.05) is 6.61 Å². The number of hydrogen-bond donors (Lipinski definition) is 0. The first-order valence-corrected chi connectivity index (χ1v) is 13.5. The zero-order valence-electron chi connectivity index (χ0n) is 22.1. The number of hydrogen-bond acceptors (Lipinski definition) is 4. The van der Waals surface area contributed by atoms with Crippen LogP contribution in [0.2, 0.25) is 0 Å². The Balaban J connectivity index is 3.20. The van der Waals surface area contributed by atoms with E-state index in [9.17, 15) is 9.59 Å². The molecule has 0 saturated carbocycles. The SMILES string of the molecule is C=C(C)C(=O)OCCCCCCCCCCCCCCCCCCCC(C)OC(=O)C(=C)C. The Morgan fingerprint density at radius 1 is 0.576 bits per heavy atom. The maximum Gasteiger partial charge on any atom is 0.333 e. The van der Waals surface area contributed by atoms with Crippen molar-refractivity contribution in [2.24, 2.45) is 0 Å². The quantitative estimate of drug-likeness (QED) is 0.0862. The van der Waals surface area contributed by atoms with Crippen LogP contribution in [0.4, 0.5) is 0 Å². The van der Waals surface area contributed by atoms with Gasteiger partial charge in [-0.2, -0.15) is 0 Å². The average Bonchev–Trinajstić information content (AvgIpc) is 2.77. The predicted molar refractivity (Wildman–Crippen MR) is 139 cm³/mol. The molecule has 0 heterocycles. The van der Waals surface area contributed by atoms with Crippen LogP contribution in [0.25, 0.3) is 0 Å². The second-order valence-electron chi connectivity index (χ2n) is 9.71. The molecule has 4 heteroatoms. The van der Waals surface area contributed by atoms with Crippen LogP contribution in [0.1, 0.15) is 136 Å². The van der Waals surface area contributed by atoms with E-state index >= 15 is 0 Å². The van der Waals surface area contributed by atoms with E-state index in [-0.39, 0.29) is 18.0 Å². The van der Waals surface area contributed by atoms with E-state index in [1.165, 1.54) is 89.9 Å². The molecule has 0 aromatic heterocycles. The zero-order valence-corrected chi connectivity index (χ0v) is 22.1. The van der Waals surface area contributed by atoms with Gasteiger partial charge in [0.2, 0.25) is 0 Å². The first-order chi connectivity index (χ1) is 15.8. The molecule has 0 fully saturated rings. The van der Waals surface area contributed by atoms with Gasteiger partial charge in [0.05, 0.1) is 12.7 Å². The Morgan fingerprint density at radius 2 is 0.909 bits per heavy atom. The van der Waals surface area contributed by atoms with Crippen molar-refractivity contribution in [3.63, 3.8) is 0 Å². The lowest BCUT2D eigenvalue weighted by atomic mass is 10.0. The maximum absolute atomic E-state index is 11.4. The van der Waals surface area contributed by atoms with Crippen LogP contribution < -0.4 is 0 Å². The van der Waals surface area contributed by atoms with Crippen LogP contribution >= 0.6 is 0 Å². The topological polar surface area (TPSA) is 52.6 Å². The summed E-state index contributed by atoms with van der Waals surface area (Å²) < 4.78 is 10.4. The van der Waals surface area contributed by atoms with Gasteiger partial charge in [-0.15, -0.1) is 0 Å². The van der Waals surface area contributed by atoms with E-state index in [0.717, 1.165) is 25.7 Å². The lowest BCUT2D eigenvalue weighted by Gasteiger charge is -2.12. The zero-order chi connectivity index (χ0) is 24.7. The van der Waals surface area contributed by atoms with Gasteiger partial charge >= 0.3 is 11.9 Å². The van der Waals surface area contributed by atoms with Crippen LogP contribution in [0.15, 0.2) is 24.3 Å². The summed E-state index contributed by atoms with van der Waals surface area (Å²) >= 11 is 0. The smallest absolute Gasteiger partial charge is 0.333 e. The van der Waals surface area contributed by atoms with Crippen LogP contribution in [-0.2, 0) is 19.1 Å². The molecule has 0 N–H and O–H groups in total. The van der Waals surface area contributed by atoms with Crippen molar-refractivity contribution in [1.82, 2.24) is 0 Å². The highest BCUT2D eigenvalue weighted by atomic mass is 16.5. The summed E-state index contributed by atoms with van der Waals surface area (Å²) in [6.45, 7) is 13.1. The lowest BCUT2D eigenvalue weighted by molar-refractivity contribution is -0.143. The van der Waals surface area contributed by atoms with Crippen LogP contribution in [0, 0.1) is 0 Å². The molecule has 0 spiro atoms. The molecule has 0 saturated heterocycles. The summed E-state index contributed by atoms with van der Waals surface area (Å²) in [7, 11) is 0. The first-order valence-electron chi connectivity index (χ1n) is 13.5. The fraction of sp³-hybridized carbons (Fsp3) is 0.793. The van der Waals surface area contributed by atoms with Gasteiger partial charge in [-0.05, 0) is 40.0 Å². The third kappa shape index (κ3) is 22.0. The lowest BCUT2D eigenvalue weighted by Crippen LogP contribution is -2.15. The van der Waals surface area contributed by atoms with E-state index in [0.29, 0.717) is 17.8 Å². The van der Waals surface area contributed by atoms with Gasteiger partial charge in [0.1, 0.15) is 0 Å². The van der Waals surface area contributed by atoms with Gasteiger partial charge in [0, 0.05) is 11.1 Å². The minimum Gasteiger partial charge on any atom is -0.462 e. The molecule has 0 rings (SSSR count). The highest BCUT2D eigenvalue weighted by molar-refractivity contribution is 5.87. The summed E-state index contributed by atoms with van der Waals surface area (Å²) in [6, 6.07) is 0. The highest BCUT2D eigenvalue weighted by Crippen LogP contribution is 2.15. The summed E-state index contributed by atoms with van der Waals surface area (Å²) in [4.78, 5) is 22.7. The van der Waals surface area contributed by atoms with Crippen molar-refractivity contribution in [2.45, 2.75) is 142 Å². The molecule has 0 aromatic carbocycles. The third-order valence-electron chi connectivity index (χ3n) is 5.99. The highest BCUT2D eigenvalue weighted by Gasteiger charge is 2.09. The minimum absolute atomic E-state index is 0.000726. The molecule has 33 heavy (non-hydrogen) atoms. The van der Waals surface area contributed by atoms with Crippen molar-refractivity contribution in [3.05, 3.63) is 24.3 Å². The molecular weight excluding hydrogens is 412 g/mol. The molecule has 1 atom stereocenters. The van der Waals surface area contributed by atoms with Crippen LogP contribution in [-0.4, -0.2) is 24.6 Å². The molecule has 0 aliphatic carbocycles. The van der Waals surface area contributed by atoms with Gasteiger partial charge in [-0.25, -0.2) is 9.59 Å². The summed E-state index contributed by atoms with van der Waals surface area (Å²) in [6.07, 6.45) is 22.9. The van der Waals surface area contributed by atoms with Crippen molar-refractivity contribution in [3.8, 4) is 0 Å². The fourth-order valence-electron chi connectivity index (χ4n) is 3.82. The average molecular weight is 465 g/mol. The van der Waals surface area contributed by atoms with Crippen molar-refractivity contribution >= 4 is 11.9 Å². The second-order valence-corrected chi connectivity index (χ2v) is 9.71. The normalized spacial score (nSPS) is 11.7. The molecule has 0 aliphatic heterocycles. The molecule has 1 unspecified atom stereocenters. The Bertz CT molecular complexity index is 538. The second kappa shape index (κ2) is 22.2. The number of ether oxygens (including phenoxy) is 2. The van der Waals surface area contributed by atoms with E-state index < -0.39 is 0 Å². The van der Waals surface area contributed by atoms with Crippen LogP contribution in [0.5, 0.6) is 0 Å². The number of esters is 2. The number of rotatable bonds is 23. The Labute approximate surface area is 204 Å². The molecule has 4 nitrogen and oxygen atoms in total. The van der Waals surface area contributed by atoms with E-state index in [2.05, 4.69) is 13.2 Å². The molecular formula is C29H52O4. The number of unbranched alkanes of at least 4 members (excludes halogenated alkanes) is 16. The standard InChI is InChI=1S/C29H52O4/c1-25(2)28(30)32-24-22-20-18-16-14-12-10-8-6-7-9-11-13-15-17-19-21-23-27(5)33-29(31)26(3)4/h27H,1,3,6-24H2,2,4-5H3. The summed E-state index contributed by atoms with van der Waals surface area (Å²) in [5.74, 6) is -0.535. The van der Waals surface area contributed by atoms with Crippen LogP contribution in [0.3, 0.4) is 0 Å². The minimum atomic E-state index is -0.269. The predicted octanol–water partition coefficient (Wildman–Crippen LogP) is 8.64. The Morgan fingerprint density at radius 3 is 1.27 bits per heavy atom. The van der Waals surface area contributed by atoms with Gasteiger partial charge in [0.15, 0.2) is 0 Å². The summed E-state index contributed by atoms with van der Waals surface area (Å²) in [5.41, 5.74) is 0.958. The molecule has 0 aliphatic rings. The van der Waals surface area contributed by atoms with Gasteiger partial charge < -0.3 is 9.47 Å². The van der Waals surface area contributed by atoms with E-state index in [1.54, 1.807) is 13.8 Å². The third-order valence-corrected chi connectivity index (χ3v) is 5.99. The molecule has 0 aromatic rings. The Kier molecular flexibility index (Phi) is 21.2. The molecule has 0 radical (unpaired) electrons. The van der Waals surface area contributed by atoms with E-state index in [4.69, 9.17) is 9.47 Å². The Hall–Kier alpha value is -1.58. The summed E-state index contributed by atoms with van der Waals surface area (Å²) in [5, 5.41) is 0. The van der Waals surface area contributed by atoms with Crippen molar-refractivity contribution in [1.29, 1.82) is 0 Å². The molecule has 192 valence electrons. The molecule has 0 amide bonds. The number of carbonyl (C=O) groups is 2. The monoisotopic (exact) mass is 464 g/mol. The first kappa shape index (κ1) is 31.4. The van der Waals surface area contributed by atoms with E-state index in [1.807, 2.05) is 6.92 Å². The number of carbonyl (C=O) groups excluding carboxylic acids is 2. The fourth-order valence-corrected chi connectivity index (χ4v) is 3.82. The van der Waals surface area contributed by atoms with Gasteiger partial charge in [-0.3, -0.25) is 0 Å². The van der Waals surface area contributed by atoms with Gasteiger partial charge in [0.25, 0.3) is 0 Å².